The van der Waals surface area contributed by atoms with Crippen LogP contribution < -0.4 is 5.32 Å². The van der Waals surface area contributed by atoms with Crippen LogP contribution in [0.3, 0.4) is 0 Å². The number of rotatable bonds is 4. The molecular weight excluding hydrogens is 284 g/mol. The van der Waals surface area contributed by atoms with Crippen LogP contribution in [0.25, 0.3) is 0 Å². The van der Waals surface area contributed by atoms with Crippen molar-refractivity contribution in [3.8, 4) is 0 Å². The maximum absolute atomic E-state index is 11.5. The summed E-state index contributed by atoms with van der Waals surface area (Å²) in [5.74, 6) is 0. The van der Waals surface area contributed by atoms with Gasteiger partial charge in [0.2, 0.25) is 0 Å². The predicted octanol–water partition coefficient (Wildman–Crippen LogP) is 2.22. The van der Waals surface area contributed by atoms with Crippen LogP contribution in [-0.4, -0.2) is 45.2 Å². The molecule has 0 aromatic heterocycles. The Morgan fingerprint density at radius 2 is 1.71 bits per heavy atom. The highest BCUT2D eigenvalue weighted by molar-refractivity contribution is 7.90. The molecule has 0 radical (unpaired) electrons. The maximum atomic E-state index is 11.5. The Labute approximate surface area is 128 Å². The SMILES string of the molecule is CNC1(C)CCN(C(C)c2ccc(S(C)(=O)=O)cc2)CC1. The minimum Gasteiger partial charge on any atom is -0.314 e. The zero-order chi connectivity index (χ0) is 15.7. The fourth-order valence-corrected chi connectivity index (χ4v) is 3.49. The topological polar surface area (TPSA) is 49.4 Å². The summed E-state index contributed by atoms with van der Waals surface area (Å²) in [6.45, 7) is 6.59. The van der Waals surface area contributed by atoms with E-state index in [1.165, 1.54) is 11.8 Å². The lowest BCUT2D eigenvalue weighted by Crippen LogP contribution is -2.50. The largest absolute Gasteiger partial charge is 0.314 e. The van der Waals surface area contributed by atoms with Crippen molar-refractivity contribution in [2.45, 2.75) is 43.2 Å². The molecule has 1 aromatic rings. The summed E-state index contributed by atoms with van der Waals surface area (Å²) in [6, 6.07) is 7.62. The normalized spacial score (nSPS) is 21.1. The number of benzene rings is 1. The van der Waals surface area contributed by atoms with Gasteiger partial charge in [-0.1, -0.05) is 12.1 Å². The second-order valence-electron chi connectivity index (χ2n) is 6.36. The molecule has 1 aliphatic rings. The minimum atomic E-state index is -3.11. The van der Waals surface area contributed by atoms with Crippen LogP contribution in [-0.2, 0) is 9.84 Å². The standard InChI is InChI=1S/C16H26N2O2S/c1-13(18-11-9-16(2,17-3)10-12-18)14-5-7-15(8-6-14)21(4,19)20/h5-8,13,17H,9-12H2,1-4H3. The van der Waals surface area contributed by atoms with E-state index in [4.69, 9.17) is 0 Å². The van der Waals surface area contributed by atoms with Crippen molar-refractivity contribution in [3.63, 3.8) is 0 Å². The van der Waals surface area contributed by atoms with Crippen molar-refractivity contribution >= 4 is 9.84 Å². The third-order valence-corrected chi connectivity index (χ3v) is 5.97. The van der Waals surface area contributed by atoms with Gasteiger partial charge in [-0.15, -0.1) is 0 Å². The van der Waals surface area contributed by atoms with E-state index < -0.39 is 9.84 Å². The molecular formula is C16H26N2O2S. The average Bonchev–Trinajstić information content (AvgIpc) is 2.47. The first-order valence-corrected chi connectivity index (χ1v) is 9.37. The van der Waals surface area contributed by atoms with Crippen LogP contribution >= 0.6 is 0 Å². The van der Waals surface area contributed by atoms with Crippen LogP contribution in [0, 0.1) is 0 Å². The third-order valence-electron chi connectivity index (χ3n) is 4.84. The molecule has 2 rings (SSSR count). The van der Waals surface area contributed by atoms with Crippen molar-refractivity contribution in [3.05, 3.63) is 29.8 Å². The van der Waals surface area contributed by atoms with E-state index >= 15 is 0 Å². The van der Waals surface area contributed by atoms with Gasteiger partial charge in [0.05, 0.1) is 4.90 Å². The molecule has 1 aromatic carbocycles. The summed E-state index contributed by atoms with van der Waals surface area (Å²) in [6.07, 6.45) is 3.51. The van der Waals surface area contributed by atoms with Gasteiger partial charge in [0.25, 0.3) is 0 Å². The van der Waals surface area contributed by atoms with Crippen molar-refractivity contribution in [1.82, 2.24) is 10.2 Å². The summed E-state index contributed by atoms with van der Waals surface area (Å²) >= 11 is 0. The molecule has 0 amide bonds. The van der Waals surface area contributed by atoms with Gasteiger partial charge >= 0.3 is 0 Å². The van der Waals surface area contributed by atoms with Crippen LogP contribution in [0.4, 0.5) is 0 Å². The van der Waals surface area contributed by atoms with Gasteiger partial charge in [0.1, 0.15) is 0 Å². The number of hydrogen-bond acceptors (Lipinski definition) is 4. The second kappa shape index (κ2) is 6.07. The van der Waals surface area contributed by atoms with Crippen molar-refractivity contribution in [1.29, 1.82) is 0 Å². The van der Waals surface area contributed by atoms with Gasteiger partial charge in [-0.3, -0.25) is 4.90 Å². The molecule has 118 valence electrons. The molecule has 1 N–H and O–H groups in total. The number of likely N-dealkylation sites (tertiary alicyclic amines) is 1. The van der Waals surface area contributed by atoms with E-state index in [9.17, 15) is 8.42 Å². The van der Waals surface area contributed by atoms with Gasteiger partial charge < -0.3 is 5.32 Å². The van der Waals surface area contributed by atoms with E-state index in [1.807, 2.05) is 19.2 Å². The fraction of sp³-hybridized carbons (Fsp3) is 0.625. The lowest BCUT2D eigenvalue weighted by atomic mass is 9.88. The number of hydrogen-bond donors (Lipinski definition) is 1. The van der Waals surface area contributed by atoms with Gasteiger partial charge in [-0.05, 0) is 51.4 Å². The van der Waals surface area contributed by atoms with Crippen LogP contribution in [0.2, 0.25) is 0 Å². The van der Waals surface area contributed by atoms with E-state index in [1.54, 1.807) is 12.1 Å². The molecule has 1 atom stereocenters. The summed E-state index contributed by atoms with van der Waals surface area (Å²) in [4.78, 5) is 2.86. The number of nitrogens with zero attached hydrogens (tertiary/aromatic N) is 1. The van der Waals surface area contributed by atoms with Crippen molar-refractivity contribution in [2.75, 3.05) is 26.4 Å². The highest BCUT2D eigenvalue weighted by Crippen LogP contribution is 2.28. The monoisotopic (exact) mass is 310 g/mol. The van der Waals surface area contributed by atoms with Crippen LogP contribution in [0.1, 0.15) is 38.3 Å². The molecule has 1 aliphatic heterocycles. The second-order valence-corrected chi connectivity index (χ2v) is 8.38. The van der Waals surface area contributed by atoms with Gasteiger partial charge in [-0.25, -0.2) is 8.42 Å². The number of nitrogens with one attached hydrogen (secondary N) is 1. The highest BCUT2D eigenvalue weighted by Gasteiger charge is 2.30. The molecule has 0 spiro atoms. The molecule has 1 fully saturated rings. The lowest BCUT2D eigenvalue weighted by molar-refractivity contribution is 0.117. The minimum absolute atomic E-state index is 0.246. The Balaban J connectivity index is 2.06. The van der Waals surface area contributed by atoms with Crippen molar-refractivity contribution < 1.29 is 8.42 Å². The maximum Gasteiger partial charge on any atom is 0.175 e. The first-order chi connectivity index (χ1) is 9.75. The molecule has 1 saturated heterocycles. The summed E-state index contributed by atoms with van der Waals surface area (Å²) in [7, 11) is -1.08. The third kappa shape index (κ3) is 3.84. The molecule has 1 heterocycles. The molecule has 0 aliphatic carbocycles. The smallest absolute Gasteiger partial charge is 0.175 e. The summed E-state index contributed by atoms with van der Waals surface area (Å²) in [5.41, 5.74) is 1.42. The first kappa shape index (κ1) is 16.5. The van der Waals surface area contributed by atoms with Crippen LogP contribution in [0.5, 0.6) is 0 Å². The molecule has 5 heteroatoms. The summed E-state index contributed by atoms with van der Waals surface area (Å²) in [5, 5.41) is 3.41. The van der Waals surface area contributed by atoms with E-state index in [2.05, 4.69) is 24.1 Å². The van der Waals surface area contributed by atoms with Gasteiger partial charge in [-0.2, -0.15) is 0 Å². The van der Waals surface area contributed by atoms with Crippen LogP contribution in [0.15, 0.2) is 29.2 Å². The molecule has 1 unspecified atom stereocenters. The zero-order valence-corrected chi connectivity index (χ0v) is 14.2. The summed E-state index contributed by atoms with van der Waals surface area (Å²) < 4.78 is 23.0. The van der Waals surface area contributed by atoms with Crippen molar-refractivity contribution in [2.24, 2.45) is 0 Å². The number of sulfone groups is 1. The quantitative estimate of drug-likeness (QED) is 0.926. The molecule has 4 nitrogen and oxygen atoms in total. The Morgan fingerprint density at radius 3 is 2.14 bits per heavy atom. The van der Waals surface area contributed by atoms with Gasteiger partial charge in [0, 0.05) is 30.9 Å². The Morgan fingerprint density at radius 1 is 1.19 bits per heavy atom. The van der Waals surface area contributed by atoms with E-state index in [0.717, 1.165) is 25.9 Å². The molecule has 0 bridgehead atoms. The Bertz CT molecular complexity index is 573. The molecule has 21 heavy (non-hydrogen) atoms. The highest BCUT2D eigenvalue weighted by atomic mass is 32.2. The fourth-order valence-electron chi connectivity index (χ4n) is 2.86. The van der Waals surface area contributed by atoms with Gasteiger partial charge in [0.15, 0.2) is 9.84 Å². The van der Waals surface area contributed by atoms with E-state index in [-0.39, 0.29) is 5.54 Å². The Kier molecular flexibility index (Phi) is 4.76. The lowest BCUT2D eigenvalue weighted by Gasteiger charge is -2.42. The Hall–Kier alpha value is -0.910. The average molecular weight is 310 g/mol. The first-order valence-electron chi connectivity index (χ1n) is 7.48. The van der Waals surface area contributed by atoms with E-state index in [0.29, 0.717) is 10.9 Å². The number of piperidine rings is 1. The zero-order valence-electron chi connectivity index (χ0n) is 13.4. The predicted molar refractivity (Wildman–Crippen MR) is 86.2 cm³/mol. The molecule has 0 saturated carbocycles.